The van der Waals surface area contributed by atoms with Crippen LogP contribution in [0.3, 0.4) is 0 Å². The molecule has 4 atom stereocenters. The van der Waals surface area contributed by atoms with Crippen LogP contribution in [-0.4, -0.2) is 51.6 Å². The summed E-state index contributed by atoms with van der Waals surface area (Å²) in [4.78, 5) is 15.2. The molecule has 3 aliphatic rings. The van der Waals surface area contributed by atoms with E-state index < -0.39 is 18.4 Å². The Bertz CT molecular complexity index is 854. The van der Waals surface area contributed by atoms with Crippen LogP contribution in [0.5, 0.6) is 0 Å². The van der Waals surface area contributed by atoms with Crippen LogP contribution in [0.1, 0.15) is 63.0 Å². The first-order chi connectivity index (χ1) is 15.6. The Hall–Kier alpha value is -1.80. The summed E-state index contributed by atoms with van der Waals surface area (Å²) in [5, 5.41) is 22.2. The number of rotatable bonds is 10. The predicted octanol–water partition coefficient (Wildman–Crippen LogP) is 4.38. The lowest BCUT2D eigenvalue weighted by atomic mass is 10.0. The smallest absolute Gasteiger partial charge is 0.324 e. The van der Waals surface area contributed by atoms with E-state index in [1.165, 1.54) is 49.0 Å². The maximum Gasteiger partial charge on any atom is 0.324 e. The molecule has 32 heavy (non-hydrogen) atoms. The molecule has 4 rings (SSSR count). The number of carbonyl (C=O) groups is 1. The summed E-state index contributed by atoms with van der Waals surface area (Å²) in [5.74, 6) is 0. The van der Waals surface area contributed by atoms with E-state index in [4.69, 9.17) is 4.74 Å². The number of benzene rings is 1. The molecule has 0 spiro atoms. The van der Waals surface area contributed by atoms with Crippen molar-refractivity contribution in [3.63, 3.8) is 0 Å². The molecule has 3 heterocycles. The van der Waals surface area contributed by atoms with E-state index in [2.05, 4.69) is 42.6 Å². The van der Waals surface area contributed by atoms with Gasteiger partial charge in [-0.15, -0.1) is 0 Å². The maximum atomic E-state index is 12.6. The Kier molecular flexibility index (Phi) is 7.94. The molecule has 7 heteroatoms. The van der Waals surface area contributed by atoms with E-state index >= 15 is 0 Å². The number of ether oxygens (including phenoxy) is 1. The molecule has 1 aromatic carbocycles. The monoisotopic (exact) mass is 458 g/mol. The summed E-state index contributed by atoms with van der Waals surface area (Å²) in [6, 6.07) is 8.53. The number of hydrogen-bond donors (Lipinski definition) is 3. The van der Waals surface area contributed by atoms with E-state index in [1.807, 2.05) is 6.20 Å². The molecular formula is C25H34N2O4S. The molecule has 174 valence electrons. The van der Waals surface area contributed by atoms with Crippen molar-refractivity contribution in [3.8, 4) is 0 Å². The zero-order valence-electron chi connectivity index (χ0n) is 18.7. The Morgan fingerprint density at radius 3 is 2.62 bits per heavy atom. The number of aryl methyl sites for hydroxylation is 1. The van der Waals surface area contributed by atoms with Gasteiger partial charge in [-0.1, -0.05) is 75.1 Å². The second-order valence-electron chi connectivity index (χ2n) is 8.82. The summed E-state index contributed by atoms with van der Waals surface area (Å²) in [6.07, 6.45) is 11.2. The lowest BCUT2D eigenvalue weighted by Gasteiger charge is -2.32. The fourth-order valence-electron chi connectivity index (χ4n) is 4.44. The van der Waals surface area contributed by atoms with Crippen LogP contribution in [0.25, 0.3) is 4.91 Å². The topological polar surface area (TPSA) is 82.0 Å². The zero-order chi connectivity index (χ0) is 22.5. The van der Waals surface area contributed by atoms with Gasteiger partial charge in [-0.3, -0.25) is 4.90 Å². The van der Waals surface area contributed by atoms with Gasteiger partial charge in [-0.25, -0.2) is 4.79 Å². The first-order valence-electron chi connectivity index (χ1n) is 11.8. The van der Waals surface area contributed by atoms with Gasteiger partial charge < -0.3 is 20.3 Å². The molecule has 0 aromatic heterocycles. The van der Waals surface area contributed by atoms with Crippen molar-refractivity contribution in [1.82, 2.24) is 10.2 Å². The fraction of sp³-hybridized carbons (Fsp3) is 0.560. The lowest BCUT2D eigenvalue weighted by Crippen LogP contribution is -2.49. The zero-order valence-corrected chi connectivity index (χ0v) is 19.5. The normalized spacial score (nSPS) is 27.2. The average molecular weight is 459 g/mol. The second kappa shape index (κ2) is 10.9. The van der Waals surface area contributed by atoms with E-state index in [9.17, 15) is 15.0 Å². The third kappa shape index (κ3) is 5.39. The van der Waals surface area contributed by atoms with Crippen LogP contribution in [0.4, 0.5) is 4.79 Å². The minimum atomic E-state index is -0.771. The van der Waals surface area contributed by atoms with Crippen molar-refractivity contribution in [2.45, 2.75) is 82.1 Å². The molecule has 0 bridgehead atoms. The van der Waals surface area contributed by atoms with Gasteiger partial charge in [-0.05, 0) is 30.0 Å². The van der Waals surface area contributed by atoms with Gasteiger partial charge in [0.15, 0.2) is 0 Å². The standard InChI is InChI=1S/C25H34N2O4S/c1-2-3-4-5-6-7-8-17-9-11-18(12-10-17)22-13-19-15-27(25(30)26-24(19)32-22)23-14-20(29)21(16-28)31-23/h9-13,15,20-21,23-24,28-29H,2-8,14,16H2,1H3,(H,26,30)/t20-,21+,23+,24?/m0/s1. The summed E-state index contributed by atoms with van der Waals surface area (Å²) < 4.78 is 5.66. The molecule has 6 nitrogen and oxygen atoms in total. The van der Waals surface area contributed by atoms with Crippen molar-refractivity contribution in [3.05, 3.63) is 53.2 Å². The number of urea groups is 1. The third-order valence-corrected chi connectivity index (χ3v) is 7.61. The van der Waals surface area contributed by atoms with Crippen molar-refractivity contribution >= 4 is 22.7 Å². The van der Waals surface area contributed by atoms with Crippen LogP contribution in [0, 0.1) is 0 Å². The Balaban J connectivity index is 1.36. The molecule has 1 saturated heterocycles. The van der Waals surface area contributed by atoms with Gasteiger partial charge in [0.1, 0.15) is 17.7 Å². The van der Waals surface area contributed by atoms with Gasteiger partial charge >= 0.3 is 6.03 Å². The minimum absolute atomic E-state index is 0.114. The molecule has 0 saturated carbocycles. The van der Waals surface area contributed by atoms with E-state index in [-0.39, 0.29) is 24.4 Å². The number of amides is 2. The molecular weight excluding hydrogens is 424 g/mol. The summed E-state index contributed by atoms with van der Waals surface area (Å²) in [6.45, 7) is 1.98. The highest BCUT2D eigenvalue weighted by Gasteiger charge is 2.41. The Morgan fingerprint density at radius 1 is 1.16 bits per heavy atom. The highest BCUT2D eigenvalue weighted by Crippen LogP contribution is 2.43. The average Bonchev–Trinajstić information content (AvgIpc) is 3.38. The number of hydrogen-bond acceptors (Lipinski definition) is 5. The quantitative estimate of drug-likeness (QED) is 0.453. The summed E-state index contributed by atoms with van der Waals surface area (Å²) >= 11 is 1.64. The third-order valence-electron chi connectivity index (χ3n) is 6.37. The molecule has 3 aliphatic heterocycles. The van der Waals surface area contributed by atoms with Crippen LogP contribution in [0.2, 0.25) is 0 Å². The Morgan fingerprint density at radius 2 is 1.91 bits per heavy atom. The van der Waals surface area contributed by atoms with E-state index in [0.717, 1.165) is 22.5 Å². The van der Waals surface area contributed by atoms with Crippen molar-refractivity contribution in [2.75, 3.05) is 6.61 Å². The number of nitrogens with one attached hydrogen (secondary N) is 1. The number of aliphatic hydroxyl groups is 2. The first-order valence-corrected chi connectivity index (χ1v) is 12.7. The van der Waals surface area contributed by atoms with Crippen LogP contribution >= 0.6 is 11.8 Å². The summed E-state index contributed by atoms with van der Waals surface area (Å²) in [7, 11) is 0. The second-order valence-corrected chi connectivity index (χ2v) is 9.97. The lowest BCUT2D eigenvalue weighted by molar-refractivity contribution is -0.0541. The van der Waals surface area contributed by atoms with Gasteiger partial charge in [0, 0.05) is 23.1 Å². The highest BCUT2D eigenvalue weighted by atomic mass is 32.2. The maximum absolute atomic E-state index is 12.6. The van der Waals surface area contributed by atoms with Gasteiger partial charge in [0.25, 0.3) is 0 Å². The molecule has 3 N–H and O–H groups in total. The highest BCUT2D eigenvalue weighted by molar-refractivity contribution is 8.09. The number of unbranched alkanes of at least 4 members (excludes halogenated alkanes) is 5. The number of thioether (sulfide) groups is 1. The van der Waals surface area contributed by atoms with Crippen LogP contribution < -0.4 is 5.32 Å². The van der Waals surface area contributed by atoms with Gasteiger partial charge in [0.2, 0.25) is 0 Å². The first kappa shape index (κ1) is 23.4. The number of fused-ring (bicyclic) bond motifs is 1. The van der Waals surface area contributed by atoms with E-state index in [0.29, 0.717) is 0 Å². The van der Waals surface area contributed by atoms with Crippen molar-refractivity contribution in [1.29, 1.82) is 0 Å². The summed E-state index contributed by atoms with van der Waals surface area (Å²) in [5.41, 5.74) is 3.54. The molecule has 2 amide bonds. The van der Waals surface area contributed by atoms with Crippen molar-refractivity contribution in [2.24, 2.45) is 0 Å². The fourth-order valence-corrected chi connectivity index (χ4v) is 5.60. The minimum Gasteiger partial charge on any atom is -0.394 e. The molecule has 1 fully saturated rings. The molecule has 1 aromatic rings. The molecule has 1 unspecified atom stereocenters. The molecule has 0 radical (unpaired) electrons. The predicted molar refractivity (Wildman–Crippen MR) is 128 cm³/mol. The van der Waals surface area contributed by atoms with Crippen molar-refractivity contribution < 1.29 is 19.7 Å². The van der Waals surface area contributed by atoms with E-state index in [1.54, 1.807) is 11.8 Å². The SMILES string of the molecule is CCCCCCCCc1ccc(C2=CC3=CN([C@H]4C[C@H](O)[C@@H](CO)O4)C(=O)NC3S2)cc1. The van der Waals surface area contributed by atoms with Crippen LogP contribution in [0.15, 0.2) is 42.1 Å². The van der Waals surface area contributed by atoms with Crippen LogP contribution in [-0.2, 0) is 11.2 Å². The van der Waals surface area contributed by atoms with Gasteiger partial charge in [-0.2, -0.15) is 0 Å². The number of aliphatic hydroxyl groups excluding tert-OH is 2. The number of nitrogens with zero attached hydrogens (tertiary/aromatic N) is 1. The molecule has 0 aliphatic carbocycles. The largest absolute Gasteiger partial charge is 0.394 e. The Labute approximate surface area is 194 Å². The number of carbonyl (C=O) groups excluding carboxylic acids is 1. The van der Waals surface area contributed by atoms with Gasteiger partial charge in [0.05, 0.1) is 12.7 Å².